The van der Waals surface area contributed by atoms with Gasteiger partial charge in [0.25, 0.3) is 5.91 Å². The largest absolute Gasteiger partial charge is 0.482 e. The summed E-state index contributed by atoms with van der Waals surface area (Å²) in [7, 11) is 0. The van der Waals surface area contributed by atoms with Gasteiger partial charge in [-0.3, -0.25) is 4.79 Å². The molecule has 1 aliphatic rings. The zero-order valence-corrected chi connectivity index (χ0v) is 12.9. The minimum Gasteiger partial charge on any atom is -0.482 e. The molecule has 1 saturated heterocycles. The molecule has 1 fully saturated rings. The Labute approximate surface area is 129 Å². The summed E-state index contributed by atoms with van der Waals surface area (Å²) in [6.07, 6.45) is 1.18. The van der Waals surface area contributed by atoms with Gasteiger partial charge in [0, 0.05) is 11.0 Å². The van der Waals surface area contributed by atoms with Crippen LogP contribution < -0.4 is 4.74 Å². The van der Waals surface area contributed by atoms with Crippen molar-refractivity contribution in [3.05, 3.63) is 27.7 Å². The Morgan fingerprint density at radius 2 is 2.25 bits per heavy atom. The number of hydrogen-bond donors (Lipinski definition) is 1. The molecule has 1 amide bonds. The molecule has 7 heteroatoms. The predicted octanol–water partition coefficient (Wildman–Crippen LogP) is 2.56. The lowest BCUT2D eigenvalue weighted by Gasteiger charge is -2.21. The van der Waals surface area contributed by atoms with Crippen LogP contribution in [0, 0.1) is 0 Å². The van der Waals surface area contributed by atoms with Gasteiger partial charge in [-0.2, -0.15) is 0 Å². The summed E-state index contributed by atoms with van der Waals surface area (Å²) in [6.45, 7) is 0.234. The number of carbonyl (C=O) groups excluding carboxylic acids is 1. The van der Waals surface area contributed by atoms with E-state index in [4.69, 9.17) is 21.4 Å². The highest BCUT2D eigenvalue weighted by Gasteiger charge is 2.33. The first kappa shape index (κ1) is 15.1. The SMILES string of the molecule is O=C(O)[C@@H]1CCCN1C(=O)COc1ccc(Br)cc1Cl. The van der Waals surface area contributed by atoms with Crippen LogP contribution in [0.1, 0.15) is 12.8 Å². The van der Waals surface area contributed by atoms with E-state index in [-0.39, 0.29) is 12.5 Å². The monoisotopic (exact) mass is 361 g/mol. The van der Waals surface area contributed by atoms with Crippen LogP contribution in [0.3, 0.4) is 0 Å². The lowest BCUT2D eigenvalue weighted by Crippen LogP contribution is -2.42. The second kappa shape index (κ2) is 6.45. The predicted molar refractivity (Wildman–Crippen MR) is 77.0 cm³/mol. The van der Waals surface area contributed by atoms with Gasteiger partial charge in [0.2, 0.25) is 0 Å². The zero-order chi connectivity index (χ0) is 14.7. The average molecular weight is 363 g/mol. The van der Waals surface area contributed by atoms with Gasteiger partial charge < -0.3 is 14.7 Å². The quantitative estimate of drug-likeness (QED) is 0.894. The number of benzene rings is 1. The smallest absolute Gasteiger partial charge is 0.326 e. The Morgan fingerprint density at radius 1 is 1.50 bits per heavy atom. The van der Waals surface area contributed by atoms with Crippen molar-refractivity contribution in [3.8, 4) is 5.75 Å². The van der Waals surface area contributed by atoms with Gasteiger partial charge in [-0.05, 0) is 31.0 Å². The maximum atomic E-state index is 12.0. The van der Waals surface area contributed by atoms with Gasteiger partial charge in [-0.1, -0.05) is 27.5 Å². The fraction of sp³-hybridized carbons (Fsp3) is 0.385. The third kappa shape index (κ3) is 3.43. The standard InChI is InChI=1S/C13H13BrClNO4/c14-8-3-4-11(9(15)6-8)20-7-12(17)16-5-1-2-10(16)13(18)19/h3-4,6,10H,1-2,5,7H2,(H,18,19)/t10-/m0/s1. The maximum absolute atomic E-state index is 12.0. The van der Waals surface area contributed by atoms with E-state index in [1.165, 1.54) is 4.90 Å². The van der Waals surface area contributed by atoms with E-state index in [2.05, 4.69) is 15.9 Å². The molecule has 20 heavy (non-hydrogen) atoms. The van der Waals surface area contributed by atoms with E-state index in [9.17, 15) is 9.59 Å². The third-order valence-corrected chi connectivity index (χ3v) is 3.89. The lowest BCUT2D eigenvalue weighted by atomic mass is 10.2. The molecule has 0 saturated carbocycles. The van der Waals surface area contributed by atoms with Crippen molar-refractivity contribution in [3.63, 3.8) is 0 Å². The molecule has 0 unspecified atom stereocenters. The van der Waals surface area contributed by atoms with Crippen LogP contribution in [0.25, 0.3) is 0 Å². The normalized spacial score (nSPS) is 18.1. The summed E-state index contributed by atoms with van der Waals surface area (Å²) >= 11 is 9.25. The van der Waals surface area contributed by atoms with E-state index < -0.39 is 12.0 Å². The van der Waals surface area contributed by atoms with Crippen LogP contribution in [-0.4, -0.2) is 41.1 Å². The molecular formula is C13H13BrClNO4. The van der Waals surface area contributed by atoms with Crippen molar-refractivity contribution < 1.29 is 19.4 Å². The van der Waals surface area contributed by atoms with Gasteiger partial charge in [-0.15, -0.1) is 0 Å². The molecule has 1 atom stereocenters. The molecule has 108 valence electrons. The number of rotatable bonds is 4. The number of nitrogens with zero attached hydrogens (tertiary/aromatic N) is 1. The number of likely N-dealkylation sites (tertiary alicyclic amines) is 1. The molecule has 2 rings (SSSR count). The van der Waals surface area contributed by atoms with Crippen LogP contribution in [0.15, 0.2) is 22.7 Å². The van der Waals surface area contributed by atoms with Gasteiger partial charge in [0.05, 0.1) is 5.02 Å². The van der Waals surface area contributed by atoms with E-state index >= 15 is 0 Å². The van der Waals surface area contributed by atoms with Crippen LogP contribution >= 0.6 is 27.5 Å². The topological polar surface area (TPSA) is 66.8 Å². The summed E-state index contributed by atoms with van der Waals surface area (Å²) in [5.74, 6) is -0.916. The third-order valence-electron chi connectivity index (χ3n) is 3.10. The highest BCUT2D eigenvalue weighted by Crippen LogP contribution is 2.28. The first-order valence-electron chi connectivity index (χ1n) is 6.09. The fourth-order valence-corrected chi connectivity index (χ4v) is 2.86. The molecule has 1 heterocycles. The second-order valence-electron chi connectivity index (χ2n) is 4.45. The number of aliphatic carboxylic acids is 1. The number of halogens is 2. The zero-order valence-electron chi connectivity index (χ0n) is 10.5. The molecule has 0 aromatic heterocycles. The van der Waals surface area contributed by atoms with Gasteiger partial charge >= 0.3 is 5.97 Å². The van der Waals surface area contributed by atoms with Gasteiger partial charge in [-0.25, -0.2) is 4.79 Å². The molecule has 0 aliphatic carbocycles. The van der Waals surface area contributed by atoms with Crippen molar-refractivity contribution in [2.24, 2.45) is 0 Å². The molecule has 1 aliphatic heterocycles. The summed E-state index contributed by atoms with van der Waals surface area (Å²) < 4.78 is 6.17. The summed E-state index contributed by atoms with van der Waals surface area (Å²) in [4.78, 5) is 24.4. The number of carbonyl (C=O) groups is 2. The number of ether oxygens (including phenoxy) is 1. The molecule has 1 N–H and O–H groups in total. The number of carboxylic acids is 1. The first-order valence-corrected chi connectivity index (χ1v) is 7.26. The molecular weight excluding hydrogens is 350 g/mol. The van der Waals surface area contributed by atoms with Crippen molar-refractivity contribution in [1.29, 1.82) is 0 Å². The minimum atomic E-state index is -0.975. The fourth-order valence-electron chi connectivity index (χ4n) is 2.14. The number of amides is 1. The van der Waals surface area contributed by atoms with Crippen LogP contribution in [0.2, 0.25) is 5.02 Å². The molecule has 1 aromatic rings. The summed E-state index contributed by atoms with van der Waals surface area (Å²) in [5.41, 5.74) is 0. The van der Waals surface area contributed by atoms with Gasteiger partial charge in [0.1, 0.15) is 11.8 Å². The number of carboxylic acid groups (broad SMARTS) is 1. The highest BCUT2D eigenvalue weighted by molar-refractivity contribution is 9.10. The number of hydrogen-bond acceptors (Lipinski definition) is 3. The Bertz CT molecular complexity index is 537. The van der Waals surface area contributed by atoms with E-state index in [0.717, 1.165) is 4.47 Å². The molecule has 0 radical (unpaired) electrons. The van der Waals surface area contributed by atoms with Crippen molar-refractivity contribution in [1.82, 2.24) is 4.90 Å². The van der Waals surface area contributed by atoms with E-state index in [0.29, 0.717) is 30.2 Å². The molecule has 1 aromatic carbocycles. The Balaban J connectivity index is 1.96. The van der Waals surface area contributed by atoms with Crippen LogP contribution in [0.4, 0.5) is 0 Å². The van der Waals surface area contributed by atoms with Crippen LogP contribution in [0.5, 0.6) is 5.75 Å². The molecule has 5 nitrogen and oxygen atoms in total. The Morgan fingerprint density at radius 3 is 2.90 bits per heavy atom. The van der Waals surface area contributed by atoms with Gasteiger partial charge in [0.15, 0.2) is 6.61 Å². The lowest BCUT2D eigenvalue weighted by molar-refractivity contribution is -0.148. The van der Waals surface area contributed by atoms with E-state index in [1.807, 2.05) is 0 Å². The first-order chi connectivity index (χ1) is 9.49. The molecule has 0 bridgehead atoms. The van der Waals surface area contributed by atoms with Crippen molar-refractivity contribution in [2.75, 3.05) is 13.2 Å². The highest BCUT2D eigenvalue weighted by atomic mass is 79.9. The van der Waals surface area contributed by atoms with E-state index in [1.54, 1.807) is 18.2 Å². The average Bonchev–Trinajstić information content (AvgIpc) is 2.86. The second-order valence-corrected chi connectivity index (χ2v) is 5.77. The minimum absolute atomic E-state index is 0.217. The Kier molecular flexibility index (Phi) is 4.88. The molecule has 0 spiro atoms. The van der Waals surface area contributed by atoms with Crippen LogP contribution in [-0.2, 0) is 9.59 Å². The van der Waals surface area contributed by atoms with Crippen molar-refractivity contribution >= 4 is 39.4 Å². The van der Waals surface area contributed by atoms with Crippen molar-refractivity contribution in [2.45, 2.75) is 18.9 Å². The Hall–Kier alpha value is -1.27. The summed E-state index contributed by atoms with van der Waals surface area (Å²) in [6, 6.07) is 4.32. The maximum Gasteiger partial charge on any atom is 0.326 e. The summed E-state index contributed by atoms with van der Waals surface area (Å²) in [5, 5.41) is 9.42.